The Kier molecular flexibility index (Phi) is 4.91. The van der Waals surface area contributed by atoms with Gasteiger partial charge in [0.15, 0.2) is 11.7 Å². The molecule has 0 fully saturated rings. The third-order valence-corrected chi connectivity index (χ3v) is 3.06. The van der Waals surface area contributed by atoms with Crippen molar-refractivity contribution in [3.05, 3.63) is 71.6 Å². The van der Waals surface area contributed by atoms with Gasteiger partial charge in [0.2, 0.25) is 0 Å². The molecular formula is C17H11F3N2O. The van der Waals surface area contributed by atoms with Crippen LogP contribution in [0.5, 0.6) is 0 Å². The molecule has 0 saturated carbocycles. The van der Waals surface area contributed by atoms with E-state index in [1.807, 2.05) is 6.07 Å². The van der Waals surface area contributed by atoms with E-state index in [9.17, 15) is 18.0 Å². The molecule has 0 aliphatic rings. The first-order chi connectivity index (χ1) is 10.9. The van der Waals surface area contributed by atoms with Crippen LogP contribution in [0.4, 0.5) is 13.2 Å². The van der Waals surface area contributed by atoms with Crippen molar-refractivity contribution in [2.45, 2.75) is 12.1 Å². The van der Waals surface area contributed by atoms with Crippen LogP contribution in [0.15, 0.2) is 54.7 Å². The van der Waals surface area contributed by atoms with Gasteiger partial charge >= 0.3 is 6.18 Å². The molecule has 116 valence electrons. The zero-order valence-corrected chi connectivity index (χ0v) is 11.8. The highest BCUT2D eigenvalue weighted by atomic mass is 19.4. The molecule has 6 heteroatoms. The van der Waals surface area contributed by atoms with Crippen molar-refractivity contribution >= 4 is 11.9 Å². The van der Waals surface area contributed by atoms with Gasteiger partial charge in [0, 0.05) is 6.20 Å². The summed E-state index contributed by atoms with van der Waals surface area (Å²) in [5.41, 5.74) is -0.161. The largest absolute Gasteiger partial charge is 0.417 e. The molecule has 0 bridgehead atoms. The molecule has 1 aromatic carbocycles. The summed E-state index contributed by atoms with van der Waals surface area (Å²) in [5, 5.41) is 9.11. The van der Waals surface area contributed by atoms with Crippen LogP contribution in [0.2, 0.25) is 0 Å². The Morgan fingerprint density at radius 2 is 1.87 bits per heavy atom. The van der Waals surface area contributed by atoms with Crippen molar-refractivity contribution in [2.75, 3.05) is 0 Å². The molecule has 0 saturated heterocycles. The summed E-state index contributed by atoms with van der Waals surface area (Å²) >= 11 is 0. The predicted octanol–water partition coefficient (Wildman–Crippen LogP) is 3.99. The number of allylic oxidation sites excluding steroid dienone is 1. The molecular weight excluding hydrogens is 305 g/mol. The van der Waals surface area contributed by atoms with E-state index in [0.717, 1.165) is 17.7 Å². The molecule has 3 nitrogen and oxygen atoms in total. The quantitative estimate of drug-likeness (QED) is 0.801. The molecule has 23 heavy (non-hydrogen) atoms. The fourth-order valence-electron chi connectivity index (χ4n) is 1.86. The maximum atomic E-state index is 12.5. The second-order valence-corrected chi connectivity index (χ2v) is 4.68. The minimum atomic E-state index is -4.51. The number of carbonyl (C=O) groups excluding carboxylic acids is 1. The van der Waals surface area contributed by atoms with E-state index < -0.39 is 23.4 Å². The molecule has 1 aromatic heterocycles. The molecule has 0 aliphatic heterocycles. The number of rotatable bonds is 4. The van der Waals surface area contributed by atoms with Gasteiger partial charge in [-0.25, -0.2) is 0 Å². The van der Waals surface area contributed by atoms with E-state index in [0.29, 0.717) is 6.20 Å². The normalized spacial score (nSPS) is 12.8. The van der Waals surface area contributed by atoms with Gasteiger partial charge in [0.1, 0.15) is 0 Å². The molecule has 0 amide bonds. The summed E-state index contributed by atoms with van der Waals surface area (Å²) in [6.45, 7) is 0. The fourth-order valence-corrected chi connectivity index (χ4v) is 1.86. The van der Waals surface area contributed by atoms with E-state index in [4.69, 9.17) is 5.26 Å². The third-order valence-electron chi connectivity index (χ3n) is 3.06. The molecule has 1 atom stereocenters. The zero-order valence-electron chi connectivity index (χ0n) is 11.8. The minimum Gasteiger partial charge on any atom is -0.293 e. The van der Waals surface area contributed by atoms with Gasteiger partial charge in [0.25, 0.3) is 0 Å². The number of benzene rings is 1. The molecule has 1 heterocycles. The number of hydrogen-bond acceptors (Lipinski definition) is 3. The van der Waals surface area contributed by atoms with Crippen LogP contribution in [0, 0.1) is 11.3 Å². The lowest BCUT2D eigenvalue weighted by molar-refractivity contribution is -0.137. The summed E-state index contributed by atoms with van der Waals surface area (Å²) in [6.07, 6.45) is -1.13. The first kappa shape index (κ1) is 16.4. The number of halogens is 3. The van der Waals surface area contributed by atoms with Crippen LogP contribution >= 0.6 is 0 Å². The number of carbonyl (C=O) groups is 1. The first-order valence-corrected chi connectivity index (χ1v) is 6.61. The lowest BCUT2D eigenvalue weighted by Gasteiger charge is -2.08. The number of nitrogens with zero attached hydrogens (tertiary/aromatic N) is 2. The van der Waals surface area contributed by atoms with Crippen LogP contribution in [0.25, 0.3) is 6.08 Å². The molecule has 0 N–H and O–H groups in total. The topological polar surface area (TPSA) is 53.8 Å². The van der Waals surface area contributed by atoms with Crippen molar-refractivity contribution in [3.8, 4) is 6.07 Å². The average molecular weight is 316 g/mol. The van der Waals surface area contributed by atoms with Crippen LogP contribution in [0.1, 0.15) is 22.7 Å². The molecule has 0 unspecified atom stereocenters. The number of hydrogen-bond donors (Lipinski definition) is 0. The number of ketones is 1. The first-order valence-electron chi connectivity index (χ1n) is 6.61. The fraction of sp³-hybridized carbons (Fsp3) is 0.118. The summed E-state index contributed by atoms with van der Waals surface area (Å²) in [5.74, 6) is -1.78. The Hall–Kier alpha value is -2.94. The van der Waals surface area contributed by atoms with E-state index in [1.54, 1.807) is 30.3 Å². The van der Waals surface area contributed by atoms with Gasteiger partial charge in [0.05, 0.1) is 17.3 Å². The second kappa shape index (κ2) is 6.88. The summed E-state index contributed by atoms with van der Waals surface area (Å²) in [4.78, 5) is 15.7. The van der Waals surface area contributed by atoms with Crippen molar-refractivity contribution < 1.29 is 18.0 Å². The van der Waals surface area contributed by atoms with Gasteiger partial charge in [-0.05, 0) is 23.8 Å². The third kappa shape index (κ3) is 4.27. The minimum absolute atomic E-state index is 0.0109. The van der Waals surface area contributed by atoms with Crippen LogP contribution < -0.4 is 0 Å². The zero-order chi connectivity index (χ0) is 16.9. The van der Waals surface area contributed by atoms with E-state index in [2.05, 4.69) is 4.98 Å². The van der Waals surface area contributed by atoms with Crippen molar-refractivity contribution in [1.29, 1.82) is 5.26 Å². The predicted molar refractivity (Wildman–Crippen MR) is 78.1 cm³/mol. The number of aromatic nitrogens is 1. The van der Waals surface area contributed by atoms with Gasteiger partial charge in [-0.1, -0.05) is 36.4 Å². The number of pyridine rings is 1. The highest BCUT2D eigenvalue weighted by Gasteiger charge is 2.31. The number of nitriles is 1. The van der Waals surface area contributed by atoms with Crippen molar-refractivity contribution in [3.63, 3.8) is 0 Å². The molecule has 0 aliphatic carbocycles. The summed E-state index contributed by atoms with van der Waals surface area (Å²) in [6, 6.07) is 12.6. The van der Waals surface area contributed by atoms with Crippen molar-refractivity contribution in [1.82, 2.24) is 4.98 Å². The Morgan fingerprint density at radius 1 is 1.17 bits per heavy atom. The van der Waals surface area contributed by atoms with Gasteiger partial charge in [-0.2, -0.15) is 18.4 Å². The van der Waals surface area contributed by atoms with E-state index in [1.165, 1.54) is 12.2 Å². The highest BCUT2D eigenvalue weighted by Crippen LogP contribution is 2.29. The van der Waals surface area contributed by atoms with Gasteiger partial charge in [-0.3, -0.25) is 9.78 Å². The highest BCUT2D eigenvalue weighted by molar-refractivity contribution is 6.00. The summed E-state index contributed by atoms with van der Waals surface area (Å²) < 4.78 is 37.5. The molecule has 2 aromatic rings. The van der Waals surface area contributed by atoms with Crippen LogP contribution in [-0.2, 0) is 11.0 Å². The van der Waals surface area contributed by atoms with Gasteiger partial charge < -0.3 is 0 Å². The summed E-state index contributed by atoms with van der Waals surface area (Å²) in [7, 11) is 0. The molecule has 0 radical (unpaired) electrons. The van der Waals surface area contributed by atoms with Crippen molar-refractivity contribution in [2.24, 2.45) is 0 Å². The maximum Gasteiger partial charge on any atom is 0.417 e. The Balaban J connectivity index is 2.18. The Morgan fingerprint density at radius 3 is 2.39 bits per heavy atom. The number of alkyl halides is 3. The van der Waals surface area contributed by atoms with E-state index >= 15 is 0 Å². The SMILES string of the molecule is N#C[C@@H](C(=O)/C=C/c1ccccc1)c1ccc(C(F)(F)F)cn1. The average Bonchev–Trinajstić information content (AvgIpc) is 2.54. The second-order valence-electron chi connectivity index (χ2n) is 4.68. The van der Waals surface area contributed by atoms with Gasteiger partial charge in [-0.15, -0.1) is 0 Å². The lowest BCUT2D eigenvalue weighted by atomic mass is 9.99. The smallest absolute Gasteiger partial charge is 0.293 e. The van der Waals surface area contributed by atoms with Crippen LogP contribution in [0.3, 0.4) is 0 Å². The molecule has 2 rings (SSSR count). The molecule has 0 spiro atoms. The van der Waals surface area contributed by atoms with Crippen LogP contribution in [-0.4, -0.2) is 10.8 Å². The standard InChI is InChI=1S/C17H11F3N2O/c18-17(19,20)13-7-8-15(22-11-13)14(10-21)16(23)9-6-12-4-2-1-3-5-12/h1-9,11,14H/b9-6+/t14-/m1/s1. The van der Waals surface area contributed by atoms with E-state index in [-0.39, 0.29) is 5.69 Å². The monoisotopic (exact) mass is 316 g/mol. The maximum absolute atomic E-state index is 12.5. The lowest BCUT2D eigenvalue weighted by Crippen LogP contribution is -2.11. The Bertz CT molecular complexity index is 744. The Labute approximate surface area is 130 Å².